The Labute approximate surface area is 98.6 Å². The zero-order valence-corrected chi connectivity index (χ0v) is 10.9. The van der Waals surface area contributed by atoms with E-state index in [2.05, 4.69) is 30.8 Å². The van der Waals surface area contributed by atoms with Crippen LogP contribution in [-0.2, 0) is 0 Å². The molecule has 0 saturated heterocycles. The van der Waals surface area contributed by atoms with Crippen molar-refractivity contribution >= 4 is 35.3 Å². The molecule has 0 bridgehead atoms. The molecule has 0 unspecified atom stereocenters. The number of hydrogen-bond donors (Lipinski definition) is 0. The summed E-state index contributed by atoms with van der Waals surface area (Å²) in [5, 5.41) is 0. The second-order valence-corrected chi connectivity index (χ2v) is 5.01. The van der Waals surface area contributed by atoms with E-state index < -0.39 is 0 Å². The molecule has 0 aliphatic carbocycles. The molecule has 0 aliphatic rings. The summed E-state index contributed by atoms with van der Waals surface area (Å²) in [5.74, 6) is 2.73. The molecule has 0 saturated carbocycles. The maximum absolute atomic E-state index is 5.46. The SMILES string of the molecule is C#Cc1ccc(SC)c(SC)c1SC. The van der Waals surface area contributed by atoms with Gasteiger partial charge in [0.15, 0.2) is 0 Å². The first-order valence-corrected chi connectivity index (χ1v) is 7.71. The van der Waals surface area contributed by atoms with Crippen LogP contribution >= 0.6 is 35.3 Å². The largest absolute Gasteiger partial charge is 0.128 e. The van der Waals surface area contributed by atoms with Gasteiger partial charge in [-0.2, -0.15) is 0 Å². The third-order valence-electron chi connectivity index (χ3n) is 1.86. The second-order valence-electron chi connectivity index (χ2n) is 2.53. The maximum Gasteiger partial charge on any atom is 0.0390 e. The Morgan fingerprint density at radius 3 is 2.07 bits per heavy atom. The molecule has 1 aromatic rings. The highest BCUT2D eigenvalue weighted by molar-refractivity contribution is 8.03. The van der Waals surface area contributed by atoms with Crippen molar-refractivity contribution in [3.8, 4) is 12.3 Å². The van der Waals surface area contributed by atoms with Crippen molar-refractivity contribution in [3.05, 3.63) is 17.7 Å². The Bertz CT molecular complexity index is 364. The van der Waals surface area contributed by atoms with E-state index in [0.717, 1.165) is 5.56 Å². The van der Waals surface area contributed by atoms with Gasteiger partial charge in [0.1, 0.15) is 0 Å². The van der Waals surface area contributed by atoms with Gasteiger partial charge in [-0.15, -0.1) is 41.7 Å². The molecule has 0 heterocycles. The molecule has 0 radical (unpaired) electrons. The lowest BCUT2D eigenvalue weighted by Gasteiger charge is -2.11. The minimum absolute atomic E-state index is 1.000. The summed E-state index contributed by atoms with van der Waals surface area (Å²) in [5.41, 5.74) is 1.000. The number of rotatable bonds is 3. The third-order valence-corrected chi connectivity index (χ3v) is 4.56. The first-order valence-electron chi connectivity index (χ1n) is 4.04. The molecule has 3 heteroatoms. The van der Waals surface area contributed by atoms with Gasteiger partial charge in [-0.25, -0.2) is 0 Å². The van der Waals surface area contributed by atoms with E-state index in [1.807, 2.05) is 6.07 Å². The summed E-state index contributed by atoms with van der Waals surface area (Å²) >= 11 is 5.25. The fourth-order valence-corrected chi connectivity index (χ4v) is 3.98. The number of thioether (sulfide) groups is 3. The molecule has 0 aromatic heterocycles. The van der Waals surface area contributed by atoms with Gasteiger partial charge in [-0.3, -0.25) is 0 Å². The fraction of sp³-hybridized carbons (Fsp3) is 0.273. The highest BCUT2D eigenvalue weighted by Gasteiger charge is 2.09. The quantitative estimate of drug-likeness (QED) is 0.582. The molecular formula is C11H12S3. The molecule has 0 spiro atoms. The molecule has 0 aliphatic heterocycles. The molecule has 74 valence electrons. The molecule has 0 amide bonds. The predicted octanol–water partition coefficient (Wildman–Crippen LogP) is 3.83. The van der Waals surface area contributed by atoms with Crippen molar-refractivity contribution in [2.75, 3.05) is 18.8 Å². The van der Waals surface area contributed by atoms with E-state index in [4.69, 9.17) is 6.42 Å². The monoisotopic (exact) mass is 240 g/mol. The van der Waals surface area contributed by atoms with Crippen LogP contribution in [0.5, 0.6) is 0 Å². The van der Waals surface area contributed by atoms with Crippen molar-refractivity contribution in [2.24, 2.45) is 0 Å². The first-order chi connectivity index (χ1) is 6.78. The van der Waals surface area contributed by atoms with Crippen LogP contribution in [0.3, 0.4) is 0 Å². The molecule has 14 heavy (non-hydrogen) atoms. The fourth-order valence-electron chi connectivity index (χ4n) is 1.21. The van der Waals surface area contributed by atoms with Crippen LogP contribution < -0.4 is 0 Å². The summed E-state index contributed by atoms with van der Waals surface area (Å²) < 4.78 is 0. The van der Waals surface area contributed by atoms with Gasteiger partial charge < -0.3 is 0 Å². The predicted molar refractivity (Wildman–Crippen MR) is 69.7 cm³/mol. The Morgan fingerprint density at radius 2 is 1.64 bits per heavy atom. The Morgan fingerprint density at radius 1 is 1.00 bits per heavy atom. The van der Waals surface area contributed by atoms with Gasteiger partial charge in [-0.05, 0) is 30.9 Å². The van der Waals surface area contributed by atoms with E-state index in [-0.39, 0.29) is 0 Å². The van der Waals surface area contributed by atoms with Gasteiger partial charge in [0, 0.05) is 20.2 Å². The highest BCUT2D eigenvalue weighted by atomic mass is 32.2. The van der Waals surface area contributed by atoms with E-state index >= 15 is 0 Å². The zero-order valence-electron chi connectivity index (χ0n) is 8.46. The smallest absolute Gasteiger partial charge is 0.0390 e. The lowest BCUT2D eigenvalue weighted by Crippen LogP contribution is -1.87. The zero-order chi connectivity index (χ0) is 10.6. The van der Waals surface area contributed by atoms with Crippen LogP contribution in [0.15, 0.2) is 26.8 Å². The minimum atomic E-state index is 1.000. The van der Waals surface area contributed by atoms with Gasteiger partial charge in [0.2, 0.25) is 0 Å². The van der Waals surface area contributed by atoms with Gasteiger partial charge in [-0.1, -0.05) is 5.92 Å². The molecule has 0 atom stereocenters. The molecule has 1 rings (SSSR count). The molecular weight excluding hydrogens is 228 g/mol. The normalized spacial score (nSPS) is 9.86. The third kappa shape index (κ3) is 2.25. The Balaban J connectivity index is 3.38. The van der Waals surface area contributed by atoms with Crippen LogP contribution in [0.25, 0.3) is 0 Å². The minimum Gasteiger partial charge on any atom is -0.128 e. The maximum atomic E-state index is 5.46. The Kier molecular flexibility index (Phi) is 4.80. The number of terminal acetylenes is 1. The average molecular weight is 240 g/mol. The molecule has 1 aromatic carbocycles. The second kappa shape index (κ2) is 5.65. The molecule has 0 fully saturated rings. The van der Waals surface area contributed by atoms with Crippen molar-refractivity contribution in [1.29, 1.82) is 0 Å². The van der Waals surface area contributed by atoms with E-state index in [1.165, 1.54) is 14.7 Å². The summed E-state index contributed by atoms with van der Waals surface area (Å²) in [6.07, 6.45) is 11.7. The summed E-state index contributed by atoms with van der Waals surface area (Å²) in [6.45, 7) is 0. The average Bonchev–Trinajstić information content (AvgIpc) is 2.26. The van der Waals surface area contributed by atoms with Gasteiger partial charge in [0.25, 0.3) is 0 Å². The first kappa shape index (κ1) is 11.9. The topological polar surface area (TPSA) is 0 Å². The van der Waals surface area contributed by atoms with Gasteiger partial charge >= 0.3 is 0 Å². The molecule has 0 nitrogen and oxygen atoms in total. The van der Waals surface area contributed by atoms with Crippen LogP contribution in [0.2, 0.25) is 0 Å². The lowest BCUT2D eigenvalue weighted by molar-refractivity contribution is 1.11. The van der Waals surface area contributed by atoms with E-state index in [9.17, 15) is 0 Å². The van der Waals surface area contributed by atoms with Crippen molar-refractivity contribution in [1.82, 2.24) is 0 Å². The van der Waals surface area contributed by atoms with Crippen LogP contribution in [-0.4, -0.2) is 18.8 Å². The van der Waals surface area contributed by atoms with Crippen LogP contribution in [0, 0.1) is 12.3 Å². The van der Waals surface area contributed by atoms with Gasteiger partial charge in [0.05, 0.1) is 0 Å². The Hall–Kier alpha value is -0.170. The highest BCUT2D eigenvalue weighted by Crippen LogP contribution is 2.37. The standard InChI is InChI=1S/C11H12S3/c1-5-8-6-7-9(12-2)11(14-4)10(8)13-3/h1,6-7H,2-4H3. The summed E-state index contributed by atoms with van der Waals surface area (Å²) in [7, 11) is 0. The summed E-state index contributed by atoms with van der Waals surface area (Å²) in [4.78, 5) is 3.84. The lowest BCUT2D eigenvalue weighted by atomic mass is 10.2. The van der Waals surface area contributed by atoms with Crippen molar-refractivity contribution in [2.45, 2.75) is 14.7 Å². The number of benzene rings is 1. The van der Waals surface area contributed by atoms with Crippen molar-refractivity contribution < 1.29 is 0 Å². The van der Waals surface area contributed by atoms with Crippen molar-refractivity contribution in [3.63, 3.8) is 0 Å². The molecule has 0 N–H and O–H groups in total. The summed E-state index contributed by atoms with van der Waals surface area (Å²) in [6, 6.07) is 4.13. The van der Waals surface area contributed by atoms with Crippen LogP contribution in [0.4, 0.5) is 0 Å². The number of hydrogen-bond acceptors (Lipinski definition) is 3. The van der Waals surface area contributed by atoms with E-state index in [1.54, 1.807) is 35.3 Å². The van der Waals surface area contributed by atoms with E-state index in [0.29, 0.717) is 0 Å². The van der Waals surface area contributed by atoms with Crippen LogP contribution in [0.1, 0.15) is 5.56 Å².